The fourth-order valence-electron chi connectivity index (χ4n) is 1.64. The van der Waals surface area contributed by atoms with Gasteiger partial charge in [-0.1, -0.05) is 13.8 Å². The van der Waals surface area contributed by atoms with Gasteiger partial charge in [0.1, 0.15) is 0 Å². The minimum atomic E-state index is -0.378. The Labute approximate surface area is 94.6 Å². The predicted octanol–water partition coefficient (Wildman–Crippen LogP) is -1.66. The topological polar surface area (TPSA) is 104 Å². The van der Waals surface area contributed by atoms with Crippen LogP contribution in [0, 0.1) is 5.41 Å². The lowest BCUT2D eigenvalue weighted by Gasteiger charge is -2.49. The summed E-state index contributed by atoms with van der Waals surface area (Å²) in [5.41, 5.74) is 4.78. The molecule has 1 aliphatic rings. The molecule has 0 aromatic rings. The van der Waals surface area contributed by atoms with Gasteiger partial charge in [-0.25, -0.2) is 0 Å². The maximum atomic E-state index is 11.4. The molecule has 16 heavy (non-hydrogen) atoms. The highest BCUT2D eigenvalue weighted by atomic mass is 16.3. The average Bonchev–Trinajstić information content (AvgIpc) is 2.25. The second-order valence-electron chi connectivity index (χ2n) is 4.67. The van der Waals surface area contributed by atoms with Crippen molar-refractivity contribution in [1.29, 1.82) is 0 Å². The minimum Gasteiger partial charge on any atom is -0.392 e. The SMILES string of the molecule is CC1(C)C(O)CC1NC(=O)CNC(=O)CN. The Balaban J connectivity index is 2.28. The van der Waals surface area contributed by atoms with Crippen molar-refractivity contribution in [3.63, 3.8) is 0 Å². The highest BCUT2D eigenvalue weighted by molar-refractivity contribution is 5.85. The van der Waals surface area contributed by atoms with Gasteiger partial charge < -0.3 is 21.5 Å². The fourth-order valence-corrected chi connectivity index (χ4v) is 1.64. The molecule has 6 nitrogen and oxygen atoms in total. The van der Waals surface area contributed by atoms with Crippen LogP contribution in [0.15, 0.2) is 0 Å². The molecule has 5 N–H and O–H groups in total. The standard InChI is InChI=1S/C10H19N3O3/c1-10(2)6(3-7(10)14)13-9(16)5-12-8(15)4-11/h6-7,14H,3-5,11H2,1-2H3,(H,12,15)(H,13,16). The van der Waals surface area contributed by atoms with Crippen LogP contribution in [0.5, 0.6) is 0 Å². The summed E-state index contributed by atoms with van der Waals surface area (Å²) < 4.78 is 0. The lowest BCUT2D eigenvalue weighted by Crippen LogP contribution is -2.62. The number of hydrogen-bond acceptors (Lipinski definition) is 4. The molecule has 1 aliphatic carbocycles. The van der Waals surface area contributed by atoms with E-state index in [4.69, 9.17) is 5.73 Å². The maximum absolute atomic E-state index is 11.4. The molecule has 1 rings (SSSR count). The number of nitrogens with two attached hydrogens (primary N) is 1. The summed E-state index contributed by atoms with van der Waals surface area (Å²) in [7, 11) is 0. The summed E-state index contributed by atoms with van der Waals surface area (Å²) in [6.45, 7) is 3.59. The molecule has 0 heterocycles. The van der Waals surface area contributed by atoms with E-state index in [1.54, 1.807) is 0 Å². The van der Waals surface area contributed by atoms with Crippen molar-refractivity contribution in [2.24, 2.45) is 11.1 Å². The number of aliphatic hydroxyl groups excluding tert-OH is 1. The normalized spacial score (nSPS) is 26.8. The summed E-state index contributed by atoms with van der Waals surface area (Å²) in [6.07, 6.45) is 0.181. The number of carbonyl (C=O) groups is 2. The van der Waals surface area contributed by atoms with E-state index < -0.39 is 0 Å². The van der Waals surface area contributed by atoms with Gasteiger partial charge in [0.05, 0.1) is 19.2 Å². The quantitative estimate of drug-likeness (QED) is 0.463. The Morgan fingerprint density at radius 1 is 1.44 bits per heavy atom. The number of aliphatic hydroxyl groups is 1. The van der Waals surface area contributed by atoms with Crippen LogP contribution in [0.3, 0.4) is 0 Å². The first-order valence-electron chi connectivity index (χ1n) is 5.32. The number of nitrogens with one attached hydrogen (secondary N) is 2. The number of amides is 2. The highest BCUT2D eigenvalue weighted by Crippen LogP contribution is 2.40. The molecule has 0 aliphatic heterocycles. The smallest absolute Gasteiger partial charge is 0.239 e. The van der Waals surface area contributed by atoms with Crippen molar-refractivity contribution in [3.05, 3.63) is 0 Å². The van der Waals surface area contributed by atoms with Gasteiger partial charge >= 0.3 is 0 Å². The van der Waals surface area contributed by atoms with Gasteiger partial charge in [0.2, 0.25) is 11.8 Å². The van der Waals surface area contributed by atoms with Crippen molar-refractivity contribution >= 4 is 11.8 Å². The van der Waals surface area contributed by atoms with E-state index in [1.165, 1.54) is 0 Å². The highest BCUT2D eigenvalue weighted by Gasteiger charge is 2.47. The van der Waals surface area contributed by atoms with Crippen molar-refractivity contribution in [2.45, 2.75) is 32.4 Å². The number of rotatable bonds is 4. The van der Waals surface area contributed by atoms with E-state index in [0.717, 1.165) is 0 Å². The third-order valence-corrected chi connectivity index (χ3v) is 3.18. The van der Waals surface area contributed by atoms with E-state index in [9.17, 15) is 14.7 Å². The largest absolute Gasteiger partial charge is 0.392 e. The summed E-state index contributed by atoms with van der Waals surface area (Å²) >= 11 is 0. The first-order chi connectivity index (χ1) is 7.37. The lowest BCUT2D eigenvalue weighted by atomic mass is 9.64. The lowest BCUT2D eigenvalue weighted by molar-refractivity contribution is -0.130. The third kappa shape index (κ3) is 2.70. The summed E-state index contributed by atoms with van der Waals surface area (Å²) in [5, 5.41) is 14.6. The van der Waals surface area contributed by atoms with Crippen molar-refractivity contribution < 1.29 is 14.7 Å². The number of carbonyl (C=O) groups excluding carboxylic acids is 2. The second kappa shape index (κ2) is 4.80. The van der Waals surface area contributed by atoms with Gasteiger partial charge in [-0.15, -0.1) is 0 Å². The first kappa shape index (κ1) is 12.9. The Kier molecular flexibility index (Phi) is 3.88. The Morgan fingerprint density at radius 2 is 2.06 bits per heavy atom. The van der Waals surface area contributed by atoms with E-state index in [0.29, 0.717) is 6.42 Å². The molecule has 1 fully saturated rings. The van der Waals surface area contributed by atoms with E-state index in [1.807, 2.05) is 13.8 Å². The zero-order valence-electron chi connectivity index (χ0n) is 9.62. The molecule has 92 valence electrons. The van der Waals surface area contributed by atoms with Crippen LogP contribution < -0.4 is 16.4 Å². The van der Waals surface area contributed by atoms with Gasteiger partial charge in [-0.3, -0.25) is 9.59 Å². The zero-order chi connectivity index (χ0) is 12.3. The molecule has 0 spiro atoms. The van der Waals surface area contributed by atoms with Crippen LogP contribution in [0.2, 0.25) is 0 Å². The van der Waals surface area contributed by atoms with Crippen LogP contribution in [0.25, 0.3) is 0 Å². The molecule has 0 aromatic heterocycles. The average molecular weight is 229 g/mol. The van der Waals surface area contributed by atoms with E-state index in [2.05, 4.69) is 10.6 Å². The summed E-state index contributed by atoms with van der Waals surface area (Å²) in [4.78, 5) is 22.2. The molecule has 0 radical (unpaired) electrons. The molecule has 2 atom stereocenters. The van der Waals surface area contributed by atoms with Crippen LogP contribution in [-0.2, 0) is 9.59 Å². The monoisotopic (exact) mass is 229 g/mol. The van der Waals surface area contributed by atoms with Crippen molar-refractivity contribution in [3.8, 4) is 0 Å². The van der Waals surface area contributed by atoms with Crippen molar-refractivity contribution in [1.82, 2.24) is 10.6 Å². The summed E-state index contributed by atoms with van der Waals surface area (Å²) in [5.74, 6) is -0.616. The van der Waals surface area contributed by atoms with Crippen molar-refractivity contribution in [2.75, 3.05) is 13.1 Å². The Bertz CT molecular complexity index is 291. The third-order valence-electron chi connectivity index (χ3n) is 3.18. The van der Waals surface area contributed by atoms with E-state index in [-0.39, 0.29) is 42.5 Å². The maximum Gasteiger partial charge on any atom is 0.239 e. The molecular formula is C10H19N3O3. The predicted molar refractivity (Wildman–Crippen MR) is 58.4 cm³/mol. The van der Waals surface area contributed by atoms with E-state index >= 15 is 0 Å². The second-order valence-corrected chi connectivity index (χ2v) is 4.67. The molecule has 2 unspecified atom stereocenters. The Hall–Kier alpha value is -1.14. The molecule has 6 heteroatoms. The van der Waals surface area contributed by atoms with Gasteiger partial charge in [-0.2, -0.15) is 0 Å². The zero-order valence-corrected chi connectivity index (χ0v) is 9.62. The van der Waals surface area contributed by atoms with Crippen LogP contribution in [0.4, 0.5) is 0 Å². The summed E-state index contributed by atoms with van der Waals surface area (Å²) in [6, 6.07) is -0.0372. The first-order valence-corrected chi connectivity index (χ1v) is 5.32. The van der Waals surface area contributed by atoms with Crippen LogP contribution >= 0.6 is 0 Å². The molecule has 0 bridgehead atoms. The van der Waals surface area contributed by atoms with Crippen LogP contribution in [0.1, 0.15) is 20.3 Å². The van der Waals surface area contributed by atoms with Gasteiger partial charge in [0, 0.05) is 11.5 Å². The minimum absolute atomic E-state index is 0.0372. The van der Waals surface area contributed by atoms with Gasteiger partial charge in [0.15, 0.2) is 0 Å². The molecular weight excluding hydrogens is 210 g/mol. The van der Waals surface area contributed by atoms with Gasteiger partial charge in [-0.05, 0) is 6.42 Å². The molecule has 1 saturated carbocycles. The molecule has 2 amide bonds. The fraction of sp³-hybridized carbons (Fsp3) is 0.800. The molecule has 0 saturated heterocycles. The van der Waals surface area contributed by atoms with Crippen LogP contribution in [-0.4, -0.2) is 42.2 Å². The number of hydrogen-bond donors (Lipinski definition) is 4. The van der Waals surface area contributed by atoms with Gasteiger partial charge in [0.25, 0.3) is 0 Å². The molecule has 0 aromatic carbocycles. The Morgan fingerprint density at radius 3 is 2.50 bits per heavy atom.